The molecule has 0 atom stereocenters. The topological polar surface area (TPSA) is 96.3 Å². The van der Waals surface area contributed by atoms with Gasteiger partial charge in [-0.2, -0.15) is 4.98 Å². The van der Waals surface area contributed by atoms with Crippen molar-refractivity contribution in [3.05, 3.63) is 33.4 Å². The SMILES string of the molecule is COC1(c2noc(-c3cc(-c4cc(C)sc4C)nc4onc(C)c34)n2)CCOCC1. The second kappa shape index (κ2) is 7.26. The highest BCUT2D eigenvalue weighted by Crippen LogP contribution is 2.38. The van der Waals surface area contributed by atoms with Crippen molar-refractivity contribution in [3.8, 4) is 22.7 Å². The van der Waals surface area contributed by atoms with Gasteiger partial charge in [0.05, 0.1) is 22.3 Å². The Hall–Kier alpha value is -2.62. The van der Waals surface area contributed by atoms with Crippen LogP contribution in [0.3, 0.4) is 0 Å². The summed E-state index contributed by atoms with van der Waals surface area (Å²) in [5, 5.41) is 9.15. The molecule has 0 amide bonds. The van der Waals surface area contributed by atoms with E-state index in [1.54, 1.807) is 18.4 Å². The van der Waals surface area contributed by atoms with Crippen LogP contribution in [-0.4, -0.2) is 40.6 Å². The molecule has 8 nitrogen and oxygen atoms in total. The van der Waals surface area contributed by atoms with Crippen LogP contribution in [0.1, 0.15) is 34.1 Å². The molecule has 0 N–H and O–H groups in total. The fourth-order valence-electron chi connectivity index (χ4n) is 4.02. The lowest BCUT2D eigenvalue weighted by Crippen LogP contribution is -2.36. The van der Waals surface area contributed by atoms with Crippen LogP contribution in [0.25, 0.3) is 33.8 Å². The number of nitrogens with zero attached hydrogens (tertiary/aromatic N) is 4. The highest BCUT2D eigenvalue weighted by molar-refractivity contribution is 7.12. The summed E-state index contributed by atoms with van der Waals surface area (Å²) in [4.78, 5) is 11.8. The van der Waals surface area contributed by atoms with E-state index in [-0.39, 0.29) is 0 Å². The van der Waals surface area contributed by atoms with Gasteiger partial charge in [0.2, 0.25) is 5.82 Å². The monoisotopic (exact) mass is 426 g/mol. The Morgan fingerprint density at radius 3 is 2.50 bits per heavy atom. The van der Waals surface area contributed by atoms with Gasteiger partial charge >= 0.3 is 0 Å². The molecule has 0 aliphatic carbocycles. The van der Waals surface area contributed by atoms with Crippen LogP contribution in [0.2, 0.25) is 0 Å². The molecule has 4 aromatic rings. The first-order chi connectivity index (χ1) is 14.5. The van der Waals surface area contributed by atoms with E-state index in [0.717, 1.165) is 27.9 Å². The molecule has 0 saturated carbocycles. The minimum Gasteiger partial charge on any atom is -0.381 e. The maximum Gasteiger partial charge on any atom is 0.259 e. The normalized spacial score (nSPS) is 16.4. The van der Waals surface area contributed by atoms with Crippen LogP contribution >= 0.6 is 11.3 Å². The minimum absolute atomic E-state index is 0.400. The molecule has 0 unspecified atom stereocenters. The highest BCUT2D eigenvalue weighted by Gasteiger charge is 2.39. The van der Waals surface area contributed by atoms with Crippen LogP contribution in [-0.2, 0) is 15.1 Å². The molecule has 1 saturated heterocycles. The molecule has 30 heavy (non-hydrogen) atoms. The Morgan fingerprint density at radius 1 is 1.00 bits per heavy atom. The van der Waals surface area contributed by atoms with Gasteiger partial charge in [0, 0.05) is 48.5 Å². The number of hydrogen-bond donors (Lipinski definition) is 0. The zero-order valence-electron chi connectivity index (χ0n) is 17.3. The van der Waals surface area contributed by atoms with Crippen molar-refractivity contribution in [2.45, 2.75) is 39.2 Å². The van der Waals surface area contributed by atoms with E-state index in [1.165, 1.54) is 9.75 Å². The van der Waals surface area contributed by atoms with Gasteiger partial charge in [0.1, 0.15) is 5.60 Å². The lowest BCUT2D eigenvalue weighted by molar-refractivity contribution is -0.101. The van der Waals surface area contributed by atoms with Crippen LogP contribution < -0.4 is 0 Å². The number of thiophene rings is 1. The first-order valence-corrected chi connectivity index (χ1v) is 10.6. The Bertz CT molecular complexity index is 1220. The zero-order chi connectivity index (χ0) is 20.9. The maximum absolute atomic E-state index is 5.81. The summed E-state index contributed by atoms with van der Waals surface area (Å²) in [6.45, 7) is 7.25. The van der Waals surface area contributed by atoms with E-state index in [9.17, 15) is 0 Å². The second-order valence-electron chi connectivity index (χ2n) is 7.56. The second-order valence-corrected chi connectivity index (χ2v) is 9.02. The van der Waals surface area contributed by atoms with Gasteiger partial charge in [0.15, 0.2) is 0 Å². The van der Waals surface area contributed by atoms with E-state index < -0.39 is 5.60 Å². The third kappa shape index (κ3) is 3.05. The van der Waals surface area contributed by atoms with Crippen molar-refractivity contribution < 1.29 is 18.5 Å². The summed E-state index contributed by atoms with van der Waals surface area (Å²) in [6, 6.07) is 4.10. The molecule has 9 heteroatoms. The van der Waals surface area contributed by atoms with Crippen molar-refractivity contribution in [3.63, 3.8) is 0 Å². The van der Waals surface area contributed by atoms with E-state index in [4.69, 9.17) is 28.5 Å². The van der Waals surface area contributed by atoms with Crippen molar-refractivity contribution >= 4 is 22.4 Å². The van der Waals surface area contributed by atoms with E-state index in [1.807, 2.05) is 13.0 Å². The summed E-state index contributed by atoms with van der Waals surface area (Å²) in [7, 11) is 1.68. The van der Waals surface area contributed by atoms with E-state index in [2.05, 4.69) is 30.2 Å². The van der Waals surface area contributed by atoms with Crippen LogP contribution in [0.5, 0.6) is 0 Å². The van der Waals surface area contributed by atoms with Gasteiger partial charge in [-0.3, -0.25) is 0 Å². The lowest BCUT2D eigenvalue weighted by Gasteiger charge is -2.32. The molecule has 4 aromatic heterocycles. The maximum atomic E-state index is 5.81. The quantitative estimate of drug-likeness (QED) is 0.468. The number of aryl methyl sites for hydroxylation is 3. The van der Waals surface area contributed by atoms with E-state index >= 15 is 0 Å². The Labute approximate surface area is 177 Å². The Morgan fingerprint density at radius 2 is 1.80 bits per heavy atom. The molecule has 5 rings (SSSR count). The number of pyridine rings is 1. The first kappa shape index (κ1) is 19.3. The number of fused-ring (bicyclic) bond motifs is 1. The third-order valence-corrected chi connectivity index (χ3v) is 6.66. The molecular weight excluding hydrogens is 404 g/mol. The van der Waals surface area contributed by atoms with Gasteiger partial charge in [-0.25, -0.2) is 4.98 Å². The summed E-state index contributed by atoms with van der Waals surface area (Å²) < 4.78 is 22.5. The van der Waals surface area contributed by atoms with Gasteiger partial charge in [-0.05, 0) is 32.9 Å². The number of rotatable bonds is 4. The van der Waals surface area contributed by atoms with Gasteiger partial charge in [-0.15, -0.1) is 11.3 Å². The summed E-state index contributed by atoms with van der Waals surface area (Å²) in [5.41, 5.74) is 3.20. The standard InChI is InChI=1S/C21H22N4O4S/c1-11-9-14(13(3)30-11)16-10-15(17-12(2)24-29-19(17)22-16)18-23-20(25-28-18)21(26-4)5-7-27-8-6-21/h9-10H,5-8H2,1-4H3. The number of methoxy groups -OCH3 is 1. The minimum atomic E-state index is -0.597. The van der Waals surface area contributed by atoms with Crippen molar-refractivity contribution in [1.29, 1.82) is 0 Å². The summed E-state index contributed by atoms with van der Waals surface area (Å²) in [6.07, 6.45) is 1.36. The molecule has 156 valence electrons. The molecule has 5 heterocycles. The Kier molecular flexibility index (Phi) is 4.68. The molecule has 1 aliphatic heterocycles. The molecule has 0 radical (unpaired) electrons. The zero-order valence-corrected chi connectivity index (χ0v) is 18.1. The fourth-order valence-corrected chi connectivity index (χ4v) is 4.96. The smallest absolute Gasteiger partial charge is 0.259 e. The van der Waals surface area contributed by atoms with Gasteiger partial charge in [0.25, 0.3) is 11.6 Å². The van der Waals surface area contributed by atoms with Crippen LogP contribution in [0, 0.1) is 20.8 Å². The van der Waals surface area contributed by atoms with Crippen LogP contribution in [0.15, 0.2) is 21.2 Å². The van der Waals surface area contributed by atoms with E-state index in [0.29, 0.717) is 43.5 Å². The number of hydrogen-bond acceptors (Lipinski definition) is 9. The number of ether oxygens (including phenoxy) is 2. The largest absolute Gasteiger partial charge is 0.381 e. The molecule has 1 fully saturated rings. The van der Waals surface area contributed by atoms with Crippen LogP contribution in [0.4, 0.5) is 0 Å². The van der Waals surface area contributed by atoms with Gasteiger partial charge < -0.3 is 18.5 Å². The number of aromatic nitrogens is 4. The summed E-state index contributed by atoms with van der Waals surface area (Å²) >= 11 is 1.74. The van der Waals surface area contributed by atoms with Gasteiger partial charge in [-0.1, -0.05) is 10.3 Å². The van der Waals surface area contributed by atoms with Crippen molar-refractivity contribution in [2.75, 3.05) is 20.3 Å². The Balaban J connectivity index is 1.66. The molecular formula is C21H22N4O4S. The third-order valence-electron chi connectivity index (χ3n) is 5.69. The first-order valence-electron chi connectivity index (χ1n) is 9.82. The summed E-state index contributed by atoms with van der Waals surface area (Å²) in [5.74, 6) is 0.934. The molecule has 0 aromatic carbocycles. The van der Waals surface area contributed by atoms with Crippen molar-refractivity contribution in [2.24, 2.45) is 0 Å². The molecule has 0 spiro atoms. The molecule has 1 aliphatic rings. The fraction of sp³-hybridized carbons (Fsp3) is 0.429. The average molecular weight is 426 g/mol. The highest BCUT2D eigenvalue weighted by atomic mass is 32.1. The van der Waals surface area contributed by atoms with Crippen molar-refractivity contribution in [1.82, 2.24) is 20.3 Å². The average Bonchev–Trinajstić information content (AvgIpc) is 3.47. The lowest BCUT2D eigenvalue weighted by atomic mass is 9.93. The predicted octanol–water partition coefficient (Wildman–Crippen LogP) is 4.58. The molecule has 0 bridgehead atoms. The predicted molar refractivity (Wildman–Crippen MR) is 111 cm³/mol.